The molecule has 6 nitrogen and oxygen atoms in total. The van der Waals surface area contributed by atoms with Crippen molar-refractivity contribution in [3.8, 4) is 0 Å². The first-order chi connectivity index (χ1) is 12.6. The molecule has 0 saturated heterocycles. The van der Waals surface area contributed by atoms with Crippen molar-refractivity contribution in [3.05, 3.63) is 45.0 Å². The van der Waals surface area contributed by atoms with E-state index < -0.39 is 5.92 Å². The number of allylic oxidation sites excluding steroid dienone is 1. The van der Waals surface area contributed by atoms with Gasteiger partial charge in [0.15, 0.2) is 12.3 Å². The van der Waals surface area contributed by atoms with Crippen LogP contribution in [0.1, 0.15) is 38.5 Å². The number of carbonyl (C=O) groups is 1. The lowest BCUT2D eigenvalue weighted by molar-refractivity contribution is -0.488. The summed E-state index contributed by atoms with van der Waals surface area (Å²) in [4.78, 5) is 30.5. The van der Waals surface area contributed by atoms with Gasteiger partial charge in [0, 0.05) is 39.2 Å². The molecule has 1 amide bonds. The maximum Gasteiger partial charge on any atom is 0.400 e. The largest absolute Gasteiger partial charge is 0.400 e. The summed E-state index contributed by atoms with van der Waals surface area (Å²) in [5.41, 5.74) is 0.591. The number of hydrogen-bond acceptors (Lipinski definition) is 4. The second-order valence-electron chi connectivity index (χ2n) is 7.50. The van der Waals surface area contributed by atoms with Gasteiger partial charge in [0.05, 0.1) is 16.3 Å². The summed E-state index contributed by atoms with van der Waals surface area (Å²) in [5, 5.41) is 2.87. The fourth-order valence-electron chi connectivity index (χ4n) is 4.13. The van der Waals surface area contributed by atoms with Crippen molar-refractivity contribution in [1.82, 2.24) is 4.68 Å². The molecule has 1 atom stereocenters. The second-order valence-corrected chi connectivity index (χ2v) is 7.50. The Morgan fingerprint density at radius 2 is 1.88 bits per heavy atom. The summed E-state index contributed by atoms with van der Waals surface area (Å²) in [6, 6.07) is 2.10. The van der Waals surface area contributed by atoms with Gasteiger partial charge in [-0.15, -0.1) is 0 Å². The van der Waals surface area contributed by atoms with Gasteiger partial charge in [0.25, 0.3) is 5.56 Å². The Kier molecular flexibility index (Phi) is 4.34. The van der Waals surface area contributed by atoms with Gasteiger partial charge >= 0.3 is 5.91 Å². The molecular formula is C20H25N4O2+. The van der Waals surface area contributed by atoms with Crippen molar-refractivity contribution in [3.63, 3.8) is 0 Å². The van der Waals surface area contributed by atoms with Crippen LogP contribution in [-0.2, 0) is 4.79 Å². The molecule has 26 heavy (non-hydrogen) atoms. The molecule has 6 heteroatoms. The minimum absolute atomic E-state index is 0.0449. The highest BCUT2D eigenvalue weighted by atomic mass is 16.2. The monoisotopic (exact) mass is 353 g/mol. The van der Waals surface area contributed by atoms with Crippen LogP contribution in [0.5, 0.6) is 0 Å². The number of nitrogens with zero attached hydrogens (tertiary/aromatic N) is 4. The summed E-state index contributed by atoms with van der Waals surface area (Å²) >= 11 is 0. The van der Waals surface area contributed by atoms with Crippen LogP contribution < -0.4 is 21.1 Å². The lowest BCUT2D eigenvalue weighted by Gasteiger charge is -2.21. The van der Waals surface area contributed by atoms with Crippen molar-refractivity contribution in [1.29, 1.82) is 0 Å². The van der Waals surface area contributed by atoms with Crippen LogP contribution in [-0.4, -0.2) is 41.5 Å². The third-order valence-corrected chi connectivity index (χ3v) is 5.57. The number of amides is 1. The van der Waals surface area contributed by atoms with Crippen LogP contribution >= 0.6 is 0 Å². The number of carbonyl (C=O) groups excluding carboxylic acids is 1. The van der Waals surface area contributed by atoms with E-state index in [2.05, 4.69) is 4.99 Å². The Morgan fingerprint density at radius 3 is 2.58 bits per heavy atom. The number of fused-ring (bicyclic) bond motifs is 2. The zero-order valence-electron chi connectivity index (χ0n) is 15.4. The van der Waals surface area contributed by atoms with E-state index in [0.717, 1.165) is 18.5 Å². The van der Waals surface area contributed by atoms with Crippen LogP contribution in [0.25, 0.3) is 6.08 Å². The Bertz CT molecular complexity index is 976. The molecule has 0 aromatic carbocycles. The van der Waals surface area contributed by atoms with Gasteiger partial charge in [0.1, 0.15) is 5.92 Å². The van der Waals surface area contributed by atoms with Gasteiger partial charge in [-0.25, -0.2) is 9.47 Å². The van der Waals surface area contributed by atoms with Crippen LogP contribution in [0.3, 0.4) is 0 Å². The average Bonchev–Trinajstić information content (AvgIpc) is 2.90. The van der Waals surface area contributed by atoms with Crippen molar-refractivity contribution in [2.75, 3.05) is 19.1 Å². The summed E-state index contributed by atoms with van der Waals surface area (Å²) < 4.78 is 3.42. The van der Waals surface area contributed by atoms with Crippen LogP contribution in [0.4, 0.5) is 0 Å². The fourth-order valence-corrected chi connectivity index (χ4v) is 4.13. The second kappa shape index (κ2) is 6.67. The first-order valence-electron chi connectivity index (χ1n) is 9.43. The van der Waals surface area contributed by atoms with E-state index in [0.29, 0.717) is 10.6 Å². The molecule has 0 spiro atoms. The molecule has 4 rings (SSSR count). The summed E-state index contributed by atoms with van der Waals surface area (Å²) in [7, 11) is 3.63. The highest BCUT2D eigenvalue weighted by Gasteiger charge is 2.39. The lowest BCUT2D eigenvalue weighted by atomic mass is 9.96. The summed E-state index contributed by atoms with van der Waals surface area (Å²) in [6.45, 7) is 0. The molecule has 1 fully saturated rings. The van der Waals surface area contributed by atoms with Crippen LogP contribution in [0.2, 0.25) is 0 Å². The molecule has 2 aliphatic heterocycles. The number of rotatable bonds is 2. The molecule has 136 valence electrons. The molecule has 0 radical (unpaired) electrons. The highest BCUT2D eigenvalue weighted by Crippen LogP contribution is 2.25. The van der Waals surface area contributed by atoms with E-state index in [1.54, 1.807) is 17.3 Å². The third-order valence-electron chi connectivity index (χ3n) is 5.57. The molecule has 1 saturated carbocycles. The lowest BCUT2D eigenvalue weighted by Crippen LogP contribution is -2.52. The average molecular weight is 353 g/mol. The third kappa shape index (κ3) is 2.83. The molecule has 1 aromatic rings. The Balaban J connectivity index is 1.77. The maximum atomic E-state index is 13.2. The molecule has 3 heterocycles. The van der Waals surface area contributed by atoms with E-state index in [1.807, 2.05) is 37.0 Å². The first-order valence-corrected chi connectivity index (χ1v) is 9.43. The predicted molar refractivity (Wildman–Crippen MR) is 100 cm³/mol. The van der Waals surface area contributed by atoms with Gasteiger partial charge in [-0.3, -0.25) is 9.79 Å². The molecule has 0 bridgehead atoms. The standard InChI is InChI=1S/C20H25N4O2/c1-22(2)24-12-10-18-16(20(24)26)13-15-17(21-18)9-11-23(19(15)25)14-7-5-3-4-6-8-14/h9-15H,3-8H2,1-2H3/q+1. The first kappa shape index (κ1) is 16.9. The normalized spacial score (nSPS) is 22.8. The van der Waals surface area contributed by atoms with Gasteiger partial charge in [-0.05, 0) is 25.0 Å². The van der Waals surface area contributed by atoms with Gasteiger partial charge in [0.2, 0.25) is 0 Å². The topological polar surface area (TPSA) is 57.7 Å². The molecular weight excluding hydrogens is 328 g/mol. The minimum atomic E-state index is -0.457. The zero-order chi connectivity index (χ0) is 18.3. The Labute approximate surface area is 152 Å². The Hall–Kier alpha value is -2.50. The van der Waals surface area contributed by atoms with Crippen LogP contribution in [0.15, 0.2) is 33.8 Å². The molecule has 1 aromatic heterocycles. The van der Waals surface area contributed by atoms with E-state index in [4.69, 9.17) is 0 Å². The molecule has 1 unspecified atom stereocenters. The van der Waals surface area contributed by atoms with Crippen molar-refractivity contribution < 1.29 is 9.37 Å². The van der Waals surface area contributed by atoms with Crippen molar-refractivity contribution in [2.24, 2.45) is 10.9 Å². The van der Waals surface area contributed by atoms with E-state index in [9.17, 15) is 9.59 Å². The van der Waals surface area contributed by atoms with Crippen molar-refractivity contribution in [2.45, 2.75) is 44.6 Å². The van der Waals surface area contributed by atoms with Crippen LogP contribution in [0, 0.1) is 5.92 Å². The Morgan fingerprint density at radius 1 is 1.15 bits per heavy atom. The zero-order valence-corrected chi connectivity index (χ0v) is 15.4. The van der Waals surface area contributed by atoms with Crippen molar-refractivity contribution >= 4 is 18.2 Å². The van der Waals surface area contributed by atoms with Gasteiger partial charge in [-0.1, -0.05) is 12.8 Å². The summed E-state index contributed by atoms with van der Waals surface area (Å²) in [5.74, 6) is -0.412. The smallest absolute Gasteiger partial charge is 0.316 e. The van der Waals surface area contributed by atoms with E-state index in [1.165, 1.54) is 30.4 Å². The van der Waals surface area contributed by atoms with Gasteiger partial charge in [-0.2, -0.15) is 4.58 Å². The highest BCUT2D eigenvalue weighted by molar-refractivity contribution is 5.90. The number of hydrogen-bond donors (Lipinski definition) is 0. The van der Waals surface area contributed by atoms with E-state index >= 15 is 0 Å². The number of pyridine rings is 1. The number of aromatic nitrogens is 1. The summed E-state index contributed by atoms with van der Waals surface area (Å²) in [6.07, 6.45) is 14.3. The quantitative estimate of drug-likeness (QED) is 0.568. The molecule has 1 aliphatic carbocycles. The maximum absolute atomic E-state index is 13.2. The van der Waals surface area contributed by atoms with Gasteiger partial charge < -0.3 is 5.01 Å². The van der Waals surface area contributed by atoms with E-state index in [-0.39, 0.29) is 17.5 Å². The SMILES string of the molecule is CN(C)n1ccc2c(c1=O)=CC1C(=O)[N+](C3CCCCCC3)=CC=C1N=2. The predicted octanol–water partition coefficient (Wildman–Crippen LogP) is 0.306. The fraction of sp³-hybridized carbons (Fsp3) is 0.500. The molecule has 0 N–H and O–H groups in total. The minimum Gasteiger partial charge on any atom is -0.316 e. The molecule has 3 aliphatic rings.